The molecule has 0 radical (unpaired) electrons. The number of fused-ring (bicyclic) bond motifs is 1. The Morgan fingerprint density at radius 1 is 1.17 bits per heavy atom. The Morgan fingerprint density at radius 2 is 1.96 bits per heavy atom. The first kappa shape index (κ1) is 15.9. The zero-order chi connectivity index (χ0) is 16.1. The van der Waals surface area contributed by atoms with Crippen molar-refractivity contribution in [2.75, 3.05) is 11.9 Å². The lowest BCUT2D eigenvalue weighted by Crippen LogP contribution is -2.30. The number of carbonyl (C=O) groups excluding carboxylic acids is 1. The van der Waals surface area contributed by atoms with Gasteiger partial charge in [0.05, 0.1) is 5.69 Å². The number of hydrogen-bond acceptors (Lipinski definition) is 3. The van der Waals surface area contributed by atoms with E-state index in [4.69, 9.17) is 0 Å². The van der Waals surface area contributed by atoms with Crippen LogP contribution in [0.3, 0.4) is 0 Å². The number of amides is 2. The smallest absolute Gasteiger partial charge is 0.321 e. The van der Waals surface area contributed by atoms with E-state index in [-0.39, 0.29) is 11.8 Å². The molecular formula is C17H20FN3OS. The van der Waals surface area contributed by atoms with Gasteiger partial charge in [0.25, 0.3) is 0 Å². The summed E-state index contributed by atoms with van der Waals surface area (Å²) < 4.78 is 12.8. The van der Waals surface area contributed by atoms with Crippen LogP contribution < -0.4 is 10.6 Å². The molecule has 0 bridgehead atoms. The molecule has 1 aliphatic carbocycles. The van der Waals surface area contributed by atoms with Crippen molar-refractivity contribution < 1.29 is 9.18 Å². The fourth-order valence-corrected chi connectivity index (χ4v) is 3.74. The maximum Gasteiger partial charge on any atom is 0.321 e. The summed E-state index contributed by atoms with van der Waals surface area (Å²) in [5.41, 5.74) is 2.14. The Hall–Kier alpha value is -1.95. The molecule has 1 aromatic heterocycles. The first-order valence-electron chi connectivity index (χ1n) is 7.98. The quantitative estimate of drug-likeness (QED) is 0.833. The maximum absolute atomic E-state index is 12.8. The SMILES string of the molecule is O=C(NCCc1ccc(F)cc1)Nc1nc2c(s1)CCCCC2. The Kier molecular flexibility index (Phi) is 5.23. The van der Waals surface area contributed by atoms with Gasteiger partial charge in [0, 0.05) is 11.4 Å². The summed E-state index contributed by atoms with van der Waals surface area (Å²) in [5, 5.41) is 6.30. The van der Waals surface area contributed by atoms with Crippen molar-refractivity contribution in [2.45, 2.75) is 38.5 Å². The average molecular weight is 333 g/mol. The van der Waals surface area contributed by atoms with Gasteiger partial charge in [0.2, 0.25) is 0 Å². The van der Waals surface area contributed by atoms with Crippen molar-refractivity contribution in [3.8, 4) is 0 Å². The third kappa shape index (κ3) is 4.51. The summed E-state index contributed by atoms with van der Waals surface area (Å²) >= 11 is 1.58. The molecule has 0 saturated carbocycles. The normalized spacial score (nSPS) is 14.0. The van der Waals surface area contributed by atoms with E-state index in [1.165, 1.54) is 36.3 Å². The predicted molar refractivity (Wildman–Crippen MR) is 90.5 cm³/mol. The highest BCUT2D eigenvalue weighted by atomic mass is 32.1. The molecule has 0 unspecified atom stereocenters. The van der Waals surface area contributed by atoms with E-state index in [1.54, 1.807) is 23.5 Å². The summed E-state index contributed by atoms with van der Waals surface area (Å²) in [6.45, 7) is 0.503. The van der Waals surface area contributed by atoms with E-state index in [1.807, 2.05) is 0 Å². The summed E-state index contributed by atoms with van der Waals surface area (Å²) in [7, 11) is 0. The van der Waals surface area contributed by atoms with Gasteiger partial charge in [0.1, 0.15) is 5.82 Å². The van der Waals surface area contributed by atoms with E-state index in [9.17, 15) is 9.18 Å². The van der Waals surface area contributed by atoms with Gasteiger partial charge in [0.15, 0.2) is 5.13 Å². The van der Waals surface area contributed by atoms with Crippen molar-refractivity contribution in [1.82, 2.24) is 10.3 Å². The third-order valence-electron chi connectivity index (χ3n) is 3.93. The predicted octanol–water partition coefficient (Wildman–Crippen LogP) is 3.92. The average Bonchev–Trinajstić information content (AvgIpc) is 2.77. The monoisotopic (exact) mass is 333 g/mol. The van der Waals surface area contributed by atoms with Crippen LogP contribution in [0.25, 0.3) is 0 Å². The molecule has 0 saturated heterocycles. The fourth-order valence-electron chi connectivity index (χ4n) is 2.69. The zero-order valence-electron chi connectivity index (χ0n) is 12.9. The lowest BCUT2D eigenvalue weighted by Gasteiger charge is -2.05. The number of hydrogen-bond donors (Lipinski definition) is 2. The number of aromatic nitrogens is 1. The van der Waals surface area contributed by atoms with E-state index in [0.717, 1.165) is 24.1 Å². The van der Waals surface area contributed by atoms with Crippen molar-refractivity contribution >= 4 is 22.5 Å². The lowest BCUT2D eigenvalue weighted by molar-refractivity contribution is 0.252. The topological polar surface area (TPSA) is 54.0 Å². The van der Waals surface area contributed by atoms with Crippen LogP contribution >= 0.6 is 11.3 Å². The first-order chi connectivity index (χ1) is 11.2. The van der Waals surface area contributed by atoms with Gasteiger partial charge >= 0.3 is 6.03 Å². The molecule has 2 amide bonds. The van der Waals surface area contributed by atoms with Gasteiger partial charge < -0.3 is 5.32 Å². The van der Waals surface area contributed by atoms with Crippen LogP contribution in [0.4, 0.5) is 14.3 Å². The second-order valence-electron chi connectivity index (χ2n) is 5.71. The molecule has 1 aromatic carbocycles. The highest BCUT2D eigenvalue weighted by Gasteiger charge is 2.15. The molecule has 0 aliphatic heterocycles. The third-order valence-corrected chi connectivity index (χ3v) is 5.00. The molecular weight excluding hydrogens is 313 g/mol. The molecule has 4 nitrogen and oxygen atoms in total. The Bertz CT molecular complexity index is 645. The maximum atomic E-state index is 12.8. The zero-order valence-corrected chi connectivity index (χ0v) is 13.7. The number of halogens is 1. The molecule has 0 spiro atoms. The first-order valence-corrected chi connectivity index (χ1v) is 8.80. The van der Waals surface area contributed by atoms with Crippen LogP contribution in [0.1, 0.15) is 35.4 Å². The number of rotatable bonds is 4. The molecule has 1 aliphatic rings. The number of thiazole rings is 1. The Labute approximate surface area is 139 Å². The van der Waals surface area contributed by atoms with E-state index < -0.39 is 0 Å². The van der Waals surface area contributed by atoms with Crippen LogP contribution in [0.2, 0.25) is 0 Å². The van der Waals surface area contributed by atoms with Crippen LogP contribution in [-0.4, -0.2) is 17.6 Å². The second-order valence-corrected chi connectivity index (χ2v) is 6.79. The molecule has 2 aromatic rings. The summed E-state index contributed by atoms with van der Waals surface area (Å²) in [6.07, 6.45) is 6.40. The van der Waals surface area contributed by atoms with Crippen LogP contribution in [0.5, 0.6) is 0 Å². The fraction of sp³-hybridized carbons (Fsp3) is 0.412. The lowest BCUT2D eigenvalue weighted by atomic mass is 10.1. The number of urea groups is 1. The Balaban J connectivity index is 1.47. The van der Waals surface area contributed by atoms with Crippen molar-refractivity contribution in [3.63, 3.8) is 0 Å². The Morgan fingerprint density at radius 3 is 2.78 bits per heavy atom. The van der Waals surface area contributed by atoms with E-state index in [0.29, 0.717) is 18.1 Å². The molecule has 6 heteroatoms. The van der Waals surface area contributed by atoms with Crippen molar-refractivity contribution in [2.24, 2.45) is 0 Å². The van der Waals surface area contributed by atoms with E-state index >= 15 is 0 Å². The minimum Gasteiger partial charge on any atom is -0.337 e. The largest absolute Gasteiger partial charge is 0.337 e. The van der Waals surface area contributed by atoms with E-state index in [2.05, 4.69) is 15.6 Å². The molecule has 0 atom stereocenters. The summed E-state index contributed by atoms with van der Waals surface area (Å²) in [4.78, 5) is 17.8. The number of carbonyl (C=O) groups is 1. The molecule has 0 fully saturated rings. The molecule has 1 heterocycles. The van der Waals surface area contributed by atoms with Gasteiger partial charge in [-0.3, -0.25) is 5.32 Å². The van der Waals surface area contributed by atoms with Gasteiger partial charge in [-0.15, -0.1) is 11.3 Å². The number of aryl methyl sites for hydroxylation is 2. The summed E-state index contributed by atoms with van der Waals surface area (Å²) in [6, 6.07) is 6.08. The van der Waals surface area contributed by atoms with Crippen LogP contribution in [0.15, 0.2) is 24.3 Å². The molecule has 122 valence electrons. The van der Waals surface area contributed by atoms with Gasteiger partial charge in [-0.05, 0) is 49.8 Å². The minimum atomic E-state index is -0.247. The van der Waals surface area contributed by atoms with Crippen molar-refractivity contribution in [1.29, 1.82) is 0 Å². The number of nitrogens with zero attached hydrogens (tertiary/aromatic N) is 1. The number of nitrogens with one attached hydrogen (secondary N) is 2. The van der Waals surface area contributed by atoms with Crippen LogP contribution in [-0.2, 0) is 19.3 Å². The van der Waals surface area contributed by atoms with Gasteiger partial charge in [-0.25, -0.2) is 14.2 Å². The standard InChI is InChI=1S/C17H20FN3OS/c18-13-8-6-12(7-9-13)10-11-19-16(22)21-17-20-14-4-2-1-3-5-15(14)23-17/h6-9H,1-5,10-11H2,(H2,19,20,21,22). The molecule has 2 N–H and O–H groups in total. The molecule has 3 rings (SSSR count). The highest BCUT2D eigenvalue weighted by molar-refractivity contribution is 7.15. The second kappa shape index (κ2) is 7.55. The minimum absolute atomic E-state index is 0.240. The van der Waals surface area contributed by atoms with Gasteiger partial charge in [-0.2, -0.15) is 0 Å². The molecule has 23 heavy (non-hydrogen) atoms. The van der Waals surface area contributed by atoms with Gasteiger partial charge in [-0.1, -0.05) is 18.6 Å². The highest BCUT2D eigenvalue weighted by Crippen LogP contribution is 2.28. The number of anilines is 1. The van der Waals surface area contributed by atoms with Crippen LogP contribution in [0, 0.1) is 5.82 Å². The van der Waals surface area contributed by atoms with Crippen molar-refractivity contribution in [3.05, 3.63) is 46.2 Å². The summed E-state index contributed by atoms with van der Waals surface area (Å²) in [5.74, 6) is -0.247. The number of benzene rings is 1.